The molecule has 2 aromatic carbocycles. The fourth-order valence-corrected chi connectivity index (χ4v) is 4.41. The Bertz CT molecular complexity index is 943. The standard InChI is InChI=1S/C21H27ClN2O3S/c1-6-20(24(28(5,26)27)19-11-9-18(22)10-12-19)21(25)23-16(4)17-8-7-14(2)15(3)13-17/h7-13,16,20H,6H2,1-5H3,(H,23,25)/t16-,20+/m0/s1. The molecule has 7 heteroatoms. The number of nitrogens with one attached hydrogen (secondary N) is 1. The Labute approximate surface area is 172 Å². The van der Waals surface area contributed by atoms with Gasteiger partial charge in [-0.1, -0.05) is 36.7 Å². The first-order valence-electron chi connectivity index (χ1n) is 9.17. The number of hydrogen-bond acceptors (Lipinski definition) is 3. The van der Waals surface area contributed by atoms with Gasteiger partial charge in [-0.15, -0.1) is 0 Å². The van der Waals surface area contributed by atoms with Crippen LogP contribution in [0.4, 0.5) is 5.69 Å². The van der Waals surface area contributed by atoms with Crippen molar-refractivity contribution in [2.75, 3.05) is 10.6 Å². The second-order valence-corrected chi connectivity index (χ2v) is 9.33. The van der Waals surface area contributed by atoms with Gasteiger partial charge in [-0.05, 0) is 68.1 Å². The summed E-state index contributed by atoms with van der Waals surface area (Å²) in [5.74, 6) is -0.339. The van der Waals surface area contributed by atoms with Gasteiger partial charge in [0.2, 0.25) is 15.9 Å². The predicted molar refractivity (Wildman–Crippen MR) is 115 cm³/mol. The molecular formula is C21H27ClN2O3S. The van der Waals surface area contributed by atoms with Gasteiger partial charge >= 0.3 is 0 Å². The van der Waals surface area contributed by atoms with Crippen molar-refractivity contribution >= 4 is 33.2 Å². The fourth-order valence-electron chi connectivity index (χ4n) is 3.08. The maximum absolute atomic E-state index is 13.0. The van der Waals surface area contributed by atoms with Crippen molar-refractivity contribution in [2.24, 2.45) is 0 Å². The van der Waals surface area contributed by atoms with Gasteiger partial charge in [0.1, 0.15) is 6.04 Å². The number of halogens is 1. The molecule has 2 atom stereocenters. The lowest BCUT2D eigenvalue weighted by atomic mass is 10.0. The Kier molecular flexibility index (Phi) is 7.12. The normalized spacial score (nSPS) is 13.6. The molecule has 0 saturated heterocycles. The van der Waals surface area contributed by atoms with Crippen LogP contribution in [0.1, 0.15) is 43.0 Å². The number of sulfonamides is 1. The van der Waals surface area contributed by atoms with E-state index in [2.05, 4.69) is 5.32 Å². The molecule has 0 radical (unpaired) electrons. The van der Waals surface area contributed by atoms with Crippen molar-refractivity contribution in [3.05, 3.63) is 64.2 Å². The smallest absolute Gasteiger partial charge is 0.244 e. The van der Waals surface area contributed by atoms with Crippen LogP contribution < -0.4 is 9.62 Å². The lowest BCUT2D eigenvalue weighted by molar-refractivity contribution is -0.122. The molecule has 2 rings (SSSR count). The first-order valence-corrected chi connectivity index (χ1v) is 11.4. The number of carbonyl (C=O) groups excluding carboxylic acids is 1. The first-order chi connectivity index (χ1) is 13.0. The Morgan fingerprint density at radius 1 is 1.11 bits per heavy atom. The summed E-state index contributed by atoms with van der Waals surface area (Å²) in [5.41, 5.74) is 3.71. The predicted octanol–water partition coefficient (Wildman–Crippen LogP) is 4.38. The zero-order chi connectivity index (χ0) is 21.1. The SMILES string of the molecule is CC[C@H](C(=O)N[C@@H](C)c1ccc(C)c(C)c1)N(c1ccc(Cl)cc1)S(C)(=O)=O. The number of rotatable bonds is 7. The van der Waals surface area contributed by atoms with Gasteiger partial charge in [0.25, 0.3) is 0 Å². The van der Waals surface area contributed by atoms with Gasteiger partial charge in [-0.25, -0.2) is 8.42 Å². The largest absolute Gasteiger partial charge is 0.348 e. The van der Waals surface area contributed by atoms with Crippen LogP contribution in [0.2, 0.25) is 5.02 Å². The molecule has 0 aliphatic heterocycles. The number of hydrogen-bond donors (Lipinski definition) is 1. The zero-order valence-corrected chi connectivity index (χ0v) is 18.4. The van der Waals surface area contributed by atoms with Gasteiger partial charge in [0.15, 0.2) is 0 Å². The number of carbonyl (C=O) groups is 1. The van der Waals surface area contributed by atoms with Crippen molar-refractivity contribution in [2.45, 2.75) is 46.2 Å². The monoisotopic (exact) mass is 422 g/mol. The highest BCUT2D eigenvalue weighted by atomic mass is 35.5. The van der Waals surface area contributed by atoms with Gasteiger partial charge < -0.3 is 5.32 Å². The molecule has 0 saturated carbocycles. The minimum atomic E-state index is -3.67. The lowest BCUT2D eigenvalue weighted by Crippen LogP contribution is -2.49. The van der Waals surface area contributed by atoms with E-state index in [0.717, 1.165) is 21.7 Å². The van der Waals surface area contributed by atoms with Gasteiger partial charge in [-0.3, -0.25) is 9.10 Å². The molecule has 0 fully saturated rings. The summed E-state index contributed by atoms with van der Waals surface area (Å²) < 4.78 is 26.1. The van der Waals surface area contributed by atoms with E-state index in [-0.39, 0.29) is 11.9 Å². The van der Waals surface area contributed by atoms with E-state index in [0.29, 0.717) is 17.1 Å². The van der Waals surface area contributed by atoms with Gasteiger partial charge in [-0.2, -0.15) is 0 Å². The topological polar surface area (TPSA) is 66.5 Å². The molecule has 0 aliphatic rings. The Morgan fingerprint density at radius 3 is 2.21 bits per heavy atom. The van der Waals surface area contributed by atoms with Crippen LogP contribution in [-0.4, -0.2) is 26.6 Å². The fraction of sp³-hybridized carbons (Fsp3) is 0.381. The minimum Gasteiger partial charge on any atom is -0.348 e. The summed E-state index contributed by atoms with van der Waals surface area (Å²) in [6.45, 7) is 7.74. The molecule has 2 aromatic rings. The molecule has 0 spiro atoms. The van der Waals surface area contributed by atoms with Gasteiger partial charge in [0, 0.05) is 5.02 Å². The quantitative estimate of drug-likeness (QED) is 0.720. The summed E-state index contributed by atoms with van der Waals surface area (Å²) in [6.07, 6.45) is 1.44. The molecular weight excluding hydrogens is 396 g/mol. The second-order valence-electron chi connectivity index (χ2n) is 7.03. The maximum Gasteiger partial charge on any atom is 0.244 e. The maximum atomic E-state index is 13.0. The highest BCUT2D eigenvalue weighted by Crippen LogP contribution is 2.25. The van der Waals surface area contributed by atoms with Crippen molar-refractivity contribution < 1.29 is 13.2 Å². The number of anilines is 1. The highest BCUT2D eigenvalue weighted by molar-refractivity contribution is 7.92. The van der Waals surface area contributed by atoms with Crippen LogP contribution in [0.3, 0.4) is 0 Å². The molecule has 28 heavy (non-hydrogen) atoms. The van der Waals surface area contributed by atoms with E-state index >= 15 is 0 Å². The van der Waals surface area contributed by atoms with Crippen molar-refractivity contribution in [1.82, 2.24) is 5.32 Å². The van der Waals surface area contributed by atoms with E-state index in [1.165, 1.54) is 5.56 Å². The summed E-state index contributed by atoms with van der Waals surface area (Å²) in [7, 11) is -3.67. The van der Waals surface area contributed by atoms with Crippen LogP contribution in [0, 0.1) is 13.8 Å². The van der Waals surface area contributed by atoms with E-state index in [9.17, 15) is 13.2 Å². The van der Waals surface area contributed by atoms with Crippen molar-refractivity contribution in [3.8, 4) is 0 Å². The molecule has 1 amide bonds. The van der Waals surface area contributed by atoms with Crippen molar-refractivity contribution in [1.29, 1.82) is 0 Å². The number of amides is 1. The molecule has 0 bridgehead atoms. The third-order valence-corrected chi connectivity index (χ3v) is 6.23. The summed E-state index contributed by atoms with van der Waals surface area (Å²) >= 11 is 5.92. The second kappa shape index (κ2) is 8.97. The van der Waals surface area contributed by atoms with E-state index in [1.54, 1.807) is 31.2 Å². The van der Waals surface area contributed by atoms with Crippen LogP contribution in [0.25, 0.3) is 0 Å². The van der Waals surface area contributed by atoms with Crippen LogP contribution in [0.15, 0.2) is 42.5 Å². The Morgan fingerprint density at radius 2 is 1.71 bits per heavy atom. The summed E-state index contributed by atoms with van der Waals surface area (Å²) in [5, 5.41) is 3.45. The van der Waals surface area contributed by atoms with Crippen LogP contribution in [-0.2, 0) is 14.8 Å². The lowest BCUT2D eigenvalue weighted by Gasteiger charge is -2.31. The third kappa shape index (κ3) is 5.26. The van der Waals surface area contributed by atoms with E-state index in [4.69, 9.17) is 11.6 Å². The molecule has 0 unspecified atom stereocenters. The van der Waals surface area contributed by atoms with Crippen LogP contribution >= 0.6 is 11.6 Å². The molecule has 0 heterocycles. The molecule has 5 nitrogen and oxygen atoms in total. The number of benzene rings is 2. The Balaban J connectivity index is 2.30. The number of aryl methyl sites for hydroxylation is 2. The average Bonchev–Trinajstić information content (AvgIpc) is 2.61. The highest BCUT2D eigenvalue weighted by Gasteiger charge is 2.32. The summed E-state index contributed by atoms with van der Waals surface area (Å²) in [6, 6.07) is 11.3. The zero-order valence-electron chi connectivity index (χ0n) is 16.9. The van der Waals surface area contributed by atoms with Crippen molar-refractivity contribution in [3.63, 3.8) is 0 Å². The molecule has 1 N–H and O–H groups in total. The third-order valence-electron chi connectivity index (χ3n) is 4.80. The van der Waals surface area contributed by atoms with Crippen LogP contribution in [0.5, 0.6) is 0 Å². The van der Waals surface area contributed by atoms with Gasteiger partial charge in [0.05, 0.1) is 18.0 Å². The van der Waals surface area contributed by atoms with E-state index in [1.807, 2.05) is 39.0 Å². The molecule has 0 aliphatic carbocycles. The minimum absolute atomic E-state index is 0.243. The average molecular weight is 423 g/mol. The Hall–Kier alpha value is -2.05. The number of nitrogens with zero attached hydrogens (tertiary/aromatic N) is 1. The molecule has 0 aromatic heterocycles. The summed E-state index contributed by atoms with van der Waals surface area (Å²) in [4.78, 5) is 13.0. The first kappa shape index (κ1) is 22.2. The van der Waals surface area contributed by atoms with E-state index < -0.39 is 16.1 Å². The molecule has 152 valence electrons.